The van der Waals surface area contributed by atoms with Gasteiger partial charge in [-0.1, -0.05) is 30.3 Å². The molecule has 1 amide bonds. The highest BCUT2D eigenvalue weighted by Crippen LogP contribution is 2.22. The smallest absolute Gasteiger partial charge is 0.274 e. The highest BCUT2D eigenvalue weighted by atomic mass is 32.1. The summed E-state index contributed by atoms with van der Waals surface area (Å²) in [6.07, 6.45) is 3.30. The summed E-state index contributed by atoms with van der Waals surface area (Å²) >= 11 is 1.53. The molecule has 27 heavy (non-hydrogen) atoms. The Balaban J connectivity index is 1.52. The van der Waals surface area contributed by atoms with Gasteiger partial charge in [0.2, 0.25) is 0 Å². The summed E-state index contributed by atoms with van der Waals surface area (Å²) in [6, 6.07) is 10.2. The second-order valence-corrected chi connectivity index (χ2v) is 7.98. The zero-order chi connectivity index (χ0) is 18.8. The fraction of sp³-hybridized carbons (Fsp3) is 0.400. The minimum absolute atomic E-state index is 0.0448. The first-order chi connectivity index (χ1) is 13.1. The van der Waals surface area contributed by atoms with Crippen molar-refractivity contribution in [2.75, 3.05) is 26.7 Å². The number of likely N-dealkylation sites (N-methyl/N-ethyl adjacent to an activating group) is 1. The second-order valence-electron chi connectivity index (χ2n) is 7.10. The highest BCUT2D eigenvalue weighted by Gasteiger charge is 2.27. The standard InChI is InChI=1S/C20H24N4O2S/c1-22(9-7-15-5-3-2-4-6-15)19(26)18-17(14-23-10-8-16(25)13-23)24-11-12-27-20(24)21-18/h2-6,11-12,16,25H,7-10,13-14H2,1H3/t16-/m0/s1. The zero-order valence-electron chi connectivity index (χ0n) is 15.4. The minimum Gasteiger partial charge on any atom is -0.392 e. The number of aliphatic hydroxyl groups is 1. The Morgan fingerprint density at radius 1 is 1.37 bits per heavy atom. The van der Waals surface area contributed by atoms with Gasteiger partial charge >= 0.3 is 0 Å². The first-order valence-electron chi connectivity index (χ1n) is 9.26. The second kappa shape index (κ2) is 7.80. The van der Waals surface area contributed by atoms with Crippen LogP contribution in [0.25, 0.3) is 4.96 Å². The number of nitrogens with zero attached hydrogens (tertiary/aromatic N) is 4. The van der Waals surface area contributed by atoms with Crippen molar-refractivity contribution in [1.29, 1.82) is 0 Å². The normalized spacial score (nSPS) is 17.6. The quantitative estimate of drug-likeness (QED) is 0.708. The molecular weight excluding hydrogens is 360 g/mol. The van der Waals surface area contributed by atoms with E-state index in [4.69, 9.17) is 0 Å². The number of rotatable bonds is 6. The molecule has 0 radical (unpaired) electrons. The third kappa shape index (κ3) is 3.90. The fourth-order valence-electron chi connectivity index (χ4n) is 3.55. The fourth-order valence-corrected chi connectivity index (χ4v) is 4.28. The molecule has 1 atom stereocenters. The SMILES string of the molecule is CN(CCc1ccccc1)C(=O)c1nc2sccn2c1CN1CC[C@H](O)C1. The third-order valence-corrected chi connectivity index (χ3v) is 5.87. The number of thiazole rings is 1. The number of aliphatic hydroxyl groups excluding tert-OH is 1. The van der Waals surface area contributed by atoms with Gasteiger partial charge in [0.25, 0.3) is 5.91 Å². The van der Waals surface area contributed by atoms with Gasteiger partial charge < -0.3 is 10.0 Å². The van der Waals surface area contributed by atoms with Crippen LogP contribution in [0.15, 0.2) is 41.9 Å². The topological polar surface area (TPSA) is 61.1 Å². The number of imidazole rings is 1. The maximum atomic E-state index is 13.1. The maximum Gasteiger partial charge on any atom is 0.274 e. The first-order valence-corrected chi connectivity index (χ1v) is 10.1. The Labute approximate surface area is 162 Å². The average molecular weight is 385 g/mol. The summed E-state index contributed by atoms with van der Waals surface area (Å²) in [5.74, 6) is -0.0448. The number of fused-ring (bicyclic) bond motifs is 1. The van der Waals surface area contributed by atoms with Crippen molar-refractivity contribution in [2.45, 2.75) is 25.5 Å². The van der Waals surface area contributed by atoms with Gasteiger partial charge in [-0.3, -0.25) is 14.1 Å². The van der Waals surface area contributed by atoms with Crippen LogP contribution in [0.4, 0.5) is 0 Å². The molecule has 2 aromatic heterocycles. The molecular formula is C20H24N4O2S. The van der Waals surface area contributed by atoms with Crippen molar-refractivity contribution in [3.8, 4) is 0 Å². The molecule has 3 heterocycles. The Bertz CT molecular complexity index is 921. The van der Waals surface area contributed by atoms with E-state index in [-0.39, 0.29) is 12.0 Å². The molecule has 1 saturated heterocycles. The molecule has 6 nitrogen and oxygen atoms in total. The van der Waals surface area contributed by atoms with Crippen LogP contribution in [-0.4, -0.2) is 63.0 Å². The Hall–Kier alpha value is -2.22. The Morgan fingerprint density at radius 2 is 2.19 bits per heavy atom. The van der Waals surface area contributed by atoms with Gasteiger partial charge in [-0.2, -0.15) is 0 Å². The number of hydrogen-bond donors (Lipinski definition) is 1. The lowest BCUT2D eigenvalue weighted by Gasteiger charge is -2.19. The summed E-state index contributed by atoms with van der Waals surface area (Å²) in [5, 5.41) is 11.8. The number of amides is 1. The van der Waals surface area contributed by atoms with E-state index in [1.807, 2.05) is 41.2 Å². The van der Waals surface area contributed by atoms with Gasteiger partial charge in [0.15, 0.2) is 10.7 Å². The maximum absolute atomic E-state index is 13.1. The van der Waals surface area contributed by atoms with Crippen molar-refractivity contribution >= 4 is 22.2 Å². The molecule has 1 aliphatic heterocycles. The van der Waals surface area contributed by atoms with Crippen LogP contribution in [-0.2, 0) is 13.0 Å². The number of carbonyl (C=O) groups is 1. The molecule has 3 aromatic rings. The van der Waals surface area contributed by atoms with Crippen LogP contribution in [0.5, 0.6) is 0 Å². The molecule has 7 heteroatoms. The lowest BCUT2D eigenvalue weighted by molar-refractivity contribution is 0.0789. The monoisotopic (exact) mass is 384 g/mol. The summed E-state index contributed by atoms with van der Waals surface area (Å²) in [4.78, 5) is 22.5. The summed E-state index contributed by atoms with van der Waals surface area (Å²) in [6.45, 7) is 2.77. The van der Waals surface area contributed by atoms with E-state index in [0.29, 0.717) is 25.3 Å². The molecule has 0 unspecified atom stereocenters. The summed E-state index contributed by atoms with van der Waals surface area (Å²) in [5.41, 5.74) is 2.66. The largest absolute Gasteiger partial charge is 0.392 e. The van der Waals surface area contributed by atoms with Crippen molar-refractivity contribution in [1.82, 2.24) is 19.2 Å². The van der Waals surface area contributed by atoms with E-state index in [1.54, 1.807) is 4.90 Å². The molecule has 1 aromatic carbocycles. The van der Waals surface area contributed by atoms with Crippen LogP contribution >= 0.6 is 11.3 Å². The van der Waals surface area contributed by atoms with Crippen molar-refractivity contribution < 1.29 is 9.90 Å². The highest BCUT2D eigenvalue weighted by molar-refractivity contribution is 7.15. The molecule has 142 valence electrons. The van der Waals surface area contributed by atoms with E-state index >= 15 is 0 Å². The number of benzene rings is 1. The first kappa shape index (κ1) is 18.2. The number of aromatic nitrogens is 2. The average Bonchev–Trinajstić information content (AvgIpc) is 3.38. The van der Waals surface area contributed by atoms with E-state index < -0.39 is 0 Å². The molecule has 1 aliphatic rings. The van der Waals surface area contributed by atoms with Gasteiger partial charge in [-0.05, 0) is 18.4 Å². The van der Waals surface area contributed by atoms with Gasteiger partial charge in [-0.15, -0.1) is 11.3 Å². The molecule has 0 aliphatic carbocycles. The zero-order valence-corrected chi connectivity index (χ0v) is 16.2. The van der Waals surface area contributed by atoms with Gasteiger partial charge in [0.1, 0.15) is 0 Å². The van der Waals surface area contributed by atoms with Crippen molar-refractivity contribution in [2.24, 2.45) is 0 Å². The minimum atomic E-state index is -0.274. The Kier molecular flexibility index (Phi) is 5.24. The van der Waals surface area contributed by atoms with E-state index in [9.17, 15) is 9.90 Å². The molecule has 0 spiro atoms. The lowest BCUT2D eigenvalue weighted by atomic mass is 10.1. The van der Waals surface area contributed by atoms with Crippen LogP contribution < -0.4 is 0 Å². The van der Waals surface area contributed by atoms with Crippen LogP contribution in [0.3, 0.4) is 0 Å². The van der Waals surface area contributed by atoms with Crippen molar-refractivity contribution in [3.05, 3.63) is 58.9 Å². The third-order valence-electron chi connectivity index (χ3n) is 5.11. The molecule has 1 N–H and O–H groups in total. The number of β-amino-alcohol motifs (C(OH)–C–C–N with tert-alkyl or cyclic N) is 1. The molecule has 0 saturated carbocycles. The Morgan fingerprint density at radius 3 is 2.93 bits per heavy atom. The number of hydrogen-bond acceptors (Lipinski definition) is 5. The van der Waals surface area contributed by atoms with Gasteiger partial charge in [0, 0.05) is 44.8 Å². The number of carbonyl (C=O) groups excluding carboxylic acids is 1. The van der Waals surface area contributed by atoms with E-state index in [1.165, 1.54) is 16.9 Å². The lowest BCUT2D eigenvalue weighted by Crippen LogP contribution is -2.31. The molecule has 1 fully saturated rings. The van der Waals surface area contributed by atoms with Crippen LogP contribution in [0.2, 0.25) is 0 Å². The summed E-state index contributed by atoms with van der Waals surface area (Å²) < 4.78 is 2.01. The van der Waals surface area contributed by atoms with Gasteiger partial charge in [-0.25, -0.2) is 4.98 Å². The van der Waals surface area contributed by atoms with Crippen molar-refractivity contribution in [3.63, 3.8) is 0 Å². The van der Waals surface area contributed by atoms with Gasteiger partial charge in [0.05, 0.1) is 11.8 Å². The summed E-state index contributed by atoms with van der Waals surface area (Å²) in [7, 11) is 1.84. The molecule has 4 rings (SSSR count). The predicted molar refractivity (Wildman–Crippen MR) is 106 cm³/mol. The van der Waals surface area contributed by atoms with E-state index in [2.05, 4.69) is 22.0 Å². The molecule has 0 bridgehead atoms. The van der Waals surface area contributed by atoms with E-state index in [0.717, 1.165) is 30.0 Å². The van der Waals surface area contributed by atoms with Crippen LogP contribution in [0.1, 0.15) is 28.2 Å². The number of likely N-dealkylation sites (tertiary alicyclic amines) is 1. The van der Waals surface area contributed by atoms with Crippen LogP contribution in [0, 0.1) is 0 Å². The predicted octanol–water partition coefficient (Wildman–Crippen LogP) is 2.28.